The van der Waals surface area contributed by atoms with Crippen molar-refractivity contribution in [3.8, 4) is 5.75 Å². The Kier molecular flexibility index (Phi) is 6.01. The minimum absolute atomic E-state index is 0.101. The van der Waals surface area contributed by atoms with Crippen LogP contribution >= 0.6 is 22.9 Å². The second kappa shape index (κ2) is 8.85. The standard InChI is InChI=1S/C22H21ClN4O2S/c1-15-4-9-18(23)20-19(15)25-22(30-20)27(12-3-11-26-13-10-24-14-26)21(28)16-5-7-17(29-2)8-6-16/h4-10,13-14H,3,11-12H2,1-2H3. The highest BCUT2D eigenvalue weighted by Crippen LogP contribution is 2.36. The van der Waals surface area contributed by atoms with Crippen molar-refractivity contribution in [1.82, 2.24) is 14.5 Å². The van der Waals surface area contributed by atoms with Crippen LogP contribution in [0.25, 0.3) is 10.2 Å². The fraction of sp³-hybridized carbons (Fsp3) is 0.227. The zero-order valence-corrected chi connectivity index (χ0v) is 18.3. The van der Waals surface area contributed by atoms with Crippen molar-refractivity contribution in [2.75, 3.05) is 18.6 Å². The van der Waals surface area contributed by atoms with Crippen LogP contribution in [-0.2, 0) is 6.54 Å². The van der Waals surface area contributed by atoms with Gasteiger partial charge < -0.3 is 9.30 Å². The lowest BCUT2D eigenvalue weighted by Crippen LogP contribution is -2.32. The molecule has 8 heteroatoms. The Morgan fingerprint density at radius 1 is 1.23 bits per heavy atom. The number of thiazole rings is 1. The molecule has 0 unspecified atom stereocenters. The van der Waals surface area contributed by atoms with E-state index in [4.69, 9.17) is 21.3 Å². The predicted molar refractivity (Wildman–Crippen MR) is 121 cm³/mol. The Bertz CT molecular complexity index is 1120. The maximum atomic E-state index is 13.4. The van der Waals surface area contributed by atoms with Gasteiger partial charge in [0.15, 0.2) is 5.13 Å². The fourth-order valence-electron chi connectivity index (χ4n) is 3.21. The van der Waals surface area contributed by atoms with Crippen molar-refractivity contribution in [3.63, 3.8) is 0 Å². The molecule has 4 rings (SSSR count). The van der Waals surface area contributed by atoms with Gasteiger partial charge in [-0.2, -0.15) is 0 Å². The molecule has 0 bridgehead atoms. The average Bonchev–Trinajstić information content (AvgIpc) is 3.44. The van der Waals surface area contributed by atoms with Gasteiger partial charge in [-0.3, -0.25) is 9.69 Å². The van der Waals surface area contributed by atoms with Crippen LogP contribution in [0, 0.1) is 6.92 Å². The molecule has 2 aromatic carbocycles. The number of aryl methyl sites for hydroxylation is 2. The highest BCUT2D eigenvalue weighted by Gasteiger charge is 2.22. The number of methoxy groups -OCH3 is 1. The largest absolute Gasteiger partial charge is 0.497 e. The van der Waals surface area contributed by atoms with E-state index in [9.17, 15) is 4.79 Å². The van der Waals surface area contributed by atoms with E-state index >= 15 is 0 Å². The Morgan fingerprint density at radius 3 is 2.70 bits per heavy atom. The molecule has 0 atom stereocenters. The van der Waals surface area contributed by atoms with E-state index in [1.165, 1.54) is 11.3 Å². The molecule has 0 aliphatic heterocycles. The SMILES string of the molecule is COc1ccc(C(=O)N(CCCn2ccnc2)c2nc3c(C)ccc(Cl)c3s2)cc1. The number of amides is 1. The van der Waals surface area contributed by atoms with Gasteiger partial charge >= 0.3 is 0 Å². The summed E-state index contributed by atoms with van der Waals surface area (Å²) in [4.78, 5) is 24.0. The normalized spacial score (nSPS) is 11.0. The first-order valence-electron chi connectivity index (χ1n) is 9.54. The van der Waals surface area contributed by atoms with Gasteiger partial charge in [0.05, 0.1) is 28.7 Å². The smallest absolute Gasteiger partial charge is 0.260 e. The van der Waals surface area contributed by atoms with Gasteiger partial charge in [0.25, 0.3) is 5.91 Å². The van der Waals surface area contributed by atoms with Crippen molar-refractivity contribution in [1.29, 1.82) is 0 Å². The zero-order chi connectivity index (χ0) is 21.1. The maximum absolute atomic E-state index is 13.4. The Morgan fingerprint density at radius 2 is 2.03 bits per heavy atom. The molecular weight excluding hydrogens is 420 g/mol. The summed E-state index contributed by atoms with van der Waals surface area (Å²) in [5.74, 6) is 0.608. The molecule has 2 aromatic heterocycles. The summed E-state index contributed by atoms with van der Waals surface area (Å²) < 4.78 is 8.10. The maximum Gasteiger partial charge on any atom is 0.260 e. The molecule has 0 radical (unpaired) electrons. The quantitative estimate of drug-likeness (QED) is 0.396. The number of nitrogens with zero attached hydrogens (tertiary/aromatic N) is 4. The second-order valence-electron chi connectivity index (χ2n) is 6.88. The summed E-state index contributed by atoms with van der Waals surface area (Å²) in [5.41, 5.74) is 2.46. The molecule has 0 N–H and O–H groups in total. The third kappa shape index (κ3) is 4.17. The summed E-state index contributed by atoms with van der Waals surface area (Å²) in [6.45, 7) is 3.29. The van der Waals surface area contributed by atoms with Crippen LogP contribution in [0.2, 0.25) is 5.02 Å². The molecule has 1 amide bonds. The molecule has 0 saturated heterocycles. The molecular formula is C22H21ClN4O2S. The molecule has 30 heavy (non-hydrogen) atoms. The van der Waals surface area contributed by atoms with E-state index in [1.54, 1.807) is 48.8 Å². The number of hydrogen-bond acceptors (Lipinski definition) is 5. The number of ether oxygens (including phenoxy) is 1. The summed E-state index contributed by atoms with van der Waals surface area (Å²) >= 11 is 7.83. The lowest BCUT2D eigenvalue weighted by molar-refractivity contribution is 0.0986. The second-order valence-corrected chi connectivity index (χ2v) is 8.26. The van der Waals surface area contributed by atoms with E-state index in [0.29, 0.717) is 28.0 Å². The van der Waals surface area contributed by atoms with Crippen molar-refractivity contribution in [3.05, 3.63) is 71.3 Å². The van der Waals surface area contributed by atoms with Crippen LogP contribution in [0.15, 0.2) is 55.1 Å². The monoisotopic (exact) mass is 440 g/mol. The topological polar surface area (TPSA) is 60.2 Å². The van der Waals surface area contributed by atoms with Crippen LogP contribution in [0.3, 0.4) is 0 Å². The summed E-state index contributed by atoms with van der Waals surface area (Å²) in [5, 5.41) is 1.29. The Balaban J connectivity index is 1.66. The van der Waals surface area contributed by atoms with Crippen molar-refractivity contribution < 1.29 is 9.53 Å². The highest BCUT2D eigenvalue weighted by atomic mass is 35.5. The number of fused-ring (bicyclic) bond motifs is 1. The van der Waals surface area contributed by atoms with Gasteiger partial charge in [-0.25, -0.2) is 9.97 Å². The van der Waals surface area contributed by atoms with Crippen molar-refractivity contribution >= 4 is 44.2 Å². The number of hydrogen-bond donors (Lipinski definition) is 0. The lowest BCUT2D eigenvalue weighted by atomic mass is 10.2. The third-order valence-electron chi connectivity index (χ3n) is 4.86. The minimum atomic E-state index is -0.101. The van der Waals surface area contributed by atoms with E-state index in [-0.39, 0.29) is 5.91 Å². The van der Waals surface area contributed by atoms with Crippen molar-refractivity contribution in [2.24, 2.45) is 0 Å². The first-order chi connectivity index (χ1) is 14.6. The first-order valence-corrected chi connectivity index (χ1v) is 10.7. The van der Waals surface area contributed by atoms with Gasteiger partial charge in [0.1, 0.15) is 5.75 Å². The lowest BCUT2D eigenvalue weighted by Gasteiger charge is -2.20. The van der Waals surface area contributed by atoms with Gasteiger partial charge in [-0.15, -0.1) is 0 Å². The van der Waals surface area contributed by atoms with Gasteiger partial charge in [-0.1, -0.05) is 29.0 Å². The number of carbonyl (C=O) groups is 1. The number of benzene rings is 2. The summed E-state index contributed by atoms with van der Waals surface area (Å²) in [7, 11) is 1.60. The van der Waals surface area contributed by atoms with Crippen molar-refractivity contribution in [2.45, 2.75) is 19.9 Å². The average molecular weight is 441 g/mol. The molecule has 4 aromatic rings. The molecule has 0 saturated carbocycles. The fourth-order valence-corrected chi connectivity index (χ4v) is 4.55. The third-order valence-corrected chi connectivity index (χ3v) is 6.39. The van der Waals surface area contributed by atoms with Crippen LogP contribution in [0.5, 0.6) is 5.75 Å². The van der Waals surface area contributed by atoms with E-state index in [0.717, 1.165) is 28.7 Å². The molecule has 0 spiro atoms. The zero-order valence-electron chi connectivity index (χ0n) is 16.7. The molecule has 0 aliphatic rings. The number of rotatable bonds is 7. The van der Waals surface area contributed by atoms with E-state index < -0.39 is 0 Å². The number of halogens is 1. The molecule has 2 heterocycles. The van der Waals surface area contributed by atoms with E-state index in [1.807, 2.05) is 29.8 Å². The Hall–Kier alpha value is -2.90. The number of aromatic nitrogens is 3. The van der Waals surface area contributed by atoms with Crippen LogP contribution < -0.4 is 9.64 Å². The number of imidazole rings is 1. The number of carbonyl (C=O) groups excluding carboxylic acids is 1. The summed E-state index contributed by atoms with van der Waals surface area (Å²) in [6, 6.07) is 10.9. The van der Waals surface area contributed by atoms with Gasteiger partial charge in [-0.05, 0) is 49.2 Å². The summed E-state index contributed by atoms with van der Waals surface area (Å²) in [6.07, 6.45) is 6.20. The molecule has 6 nitrogen and oxygen atoms in total. The van der Waals surface area contributed by atoms with Gasteiger partial charge in [0.2, 0.25) is 0 Å². The minimum Gasteiger partial charge on any atom is -0.497 e. The van der Waals surface area contributed by atoms with Crippen LogP contribution in [-0.4, -0.2) is 34.1 Å². The first kappa shape index (κ1) is 20.4. The highest BCUT2D eigenvalue weighted by molar-refractivity contribution is 7.23. The van der Waals surface area contributed by atoms with E-state index in [2.05, 4.69) is 4.98 Å². The predicted octanol–water partition coefficient (Wildman–Crippen LogP) is 5.20. The molecule has 154 valence electrons. The van der Waals surface area contributed by atoms with Crippen LogP contribution in [0.4, 0.5) is 5.13 Å². The molecule has 0 aliphatic carbocycles. The van der Waals surface area contributed by atoms with Crippen LogP contribution in [0.1, 0.15) is 22.3 Å². The Labute approximate surface area is 183 Å². The van der Waals surface area contributed by atoms with Gasteiger partial charge in [0, 0.05) is 31.0 Å². The molecule has 0 fully saturated rings. The number of anilines is 1.